The molecule has 2 aromatic heterocycles. The lowest BCUT2D eigenvalue weighted by atomic mass is 10.1. The molecule has 0 saturated heterocycles. The van der Waals surface area contributed by atoms with Crippen molar-refractivity contribution in [3.05, 3.63) is 16.0 Å². The standard InChI is InChI=1S/C13H17N5O3S2/c1-4-21-11(20)9-6(2)7(3)23-10(9)15-8(19)5-22-13-16-12(14)17-18-13/h4-5H2,1-3H3,(H,15,19)(H3,14,16,17,18). The molecule has 0 aliphatic carbocycles. The van der Waals surface area contributed by atoms with Gasteiger partial charge in [-0.15, -0.1) is 16.4 Å². The summed E-state index contributed by atoms with van der Waals surface area (Å²) in [6.45, 7) is 5.75. The molecule has 4 N–H and O–H groups in total. The van der Waals surface area contributed by atoms with Gasteiger partial charge in [0.1, 0.15) is 5.00 Å². The van der Waals surface area contributed by atoms with E-state index in [-0.39, 0.29) is 24.2 Å². The Balaban J connectivity index is 2.05. The lowest BCUT2D eigenvalue weighted by molar-refractivity contribution is -0.113. The molecular formula is C13H17N5O3S2. The molecule has 0 atom stereocenters. The lowest BCUT2D eigenvalue weighted by Crippen LogP contribution is -2.16. The molecule has 0 fully saturated rings. The largest absolute Gasteiger partial charge is 0.462 e. The van der Waals surface area contributed by atoms with Gasteiger partial charge in [0, 0.05) is 4.88 Å². The maximum Gasteiger partial charge on any atom is 0.341 e. The number of amides is 1. The van der Waals surface area contributed by atoms with Crippen molar-refractivity contribution in [3.8, 4) is 0 Å². The number of H-pyrrole nitrogens is 1. The highest BCUT2D eigenvalue weighted by molar-refractivity contribution is 7.99. The first-order chi connectivity index (χ1) is 10.9. The van der Waals surface area contributed by atoms with Crippen LogP contribution in [0.15, 0.2) is 5.16 Å². The van der Waals surface area contributed by atoms with Gasteiger partial charge < -0.3 is 15.8 Å². The topological polar surface area (TPSA) is 123 Å². The number of nitrogen functional groups attached to an aromatic ring is 1. The molecule has 0 saturated carbocycles. The van der Waals surface area contributed by atoms with E-state index in [2.05, 4.69) is 20.5 Å². The second-order valence-electron chi connectivity index (χ2n) is 4.55. The zero-order valence-corrected chi connectivity index (χ0v) is 14.6. The molecule has 124 valence electrons. The number of thiophene rings is 1. The van der Waals surface area contributed by atoms with Crippen molar-refractivity contribution in [2.75, 3.05) is 23.4 Å². The number of thioether (sulfide) groups is 1. The fourth-order valence-electron chi connectivity index (χ4n) is 1.78. The first-order valence-electron chi connectivity index (χ1n) is 6.80. The van der Waals surface area contributed by atoms with E-state index in [0.29, 0.717) is 15.7 Å². The zero-order valence-electron chi connectivity index (χ0n) is 12.9. The van der Waals surface area contributed by atoms with Crippen LogP contribution in [0.4, 0.5) is 10.9 Å². The highest BCUT2D eigenvalue weighted by Crippen LogP contribution is 2.33. The van der Waals surface area contributed by atoms with Gasteiger partial charge in [-0.2, -0.15) is 4.98 Å². The normalized spacial score (nSPS) is 10.6. The number of hydrogen-bond acceptors (Lipinski definition) is 8. The predicted molar refractivity (Wildman–Crippen MR) is 89.9 cm³/mol. The van der Waals surface area contributed by atoms with Gasteiger partial charge in [0.15, 0.2) is 0 Å². The Labute approximate surface area is 141 Å². The van der Waals surface area contributed by atoms with Crippen LogP contribution in [-0.4, -0.2) is 39.4 Å². The molecule has 0 aliphatic rings. The summed E-state index contributed by atoms with van der Waals surface area (Å²) in [5.41, 5.74) is 6.65. The minimum atomic E-state index is -0.431. The van der Waals surface area contributed by atoms with Crippen LogP contribution in [0, 0.1) is 13.8 Å². The van der Waals surface area contributed by atoms with Gasteiger partial charge in [0.2, 0.25) is 17.0 Å². The molecule has 23 heavy (non-hydrogen) atoms. The molecule has 2 heterocycles. The molecule has 0 bridgehead atoms. The van der Waals surface area contributed by atoms with Gasteiger partial charge in [-0.05, 0) is 26.3 Å². The molecular weight excluding hydrogens is 338 g/mol. The van der Waals surface area contributed by atoms with Crippen molar-refractivity contribution in [1.29, 1.82) is 0 Å². The summed E-state index contributed by atoms with van der Waals surface area (Å²) in [7, 11) is 0. The lowest BCUT2D eigenvalue weighted by Gasteiger charge is -2.06. The second-order valence-corrected chi connectivity index (χ2v) is 6.72. The van der Waals surface area contributed by atoms with Crippen LogP contribution in [-0.2, 0) is 9.53 Å². The van der Waals surface area contributed by atoms with Crippen LogP contribution in [0.5, 0.6) is 0 Å². The fraction of sp³-hybridized carbons (Fsp3) is 0.385. The minimum absolute atomic E-state index is 0.107. The summed E-state index contributed by atoms with van der Waals surface area (Å²) < 4.78 is 5.05. The summed E-state index contributed by atoms with van der Waals surface area (Å²) in [4.78, 5) is 29.0. The quantitative estimate of drug-likeness (QED) is 0.534. The Morgan fingerprint density at radius 2 is 2.17 bits per heavy atom. The van der Waals surface area contributed by atoms with Crippen LogP contribution in [0.25, 0.3) is 0 Å². The van der Waals surface area contributed by atoms with Crippen LogP contribution < -0.4 is 11.1 Å². The number of aryl methyl sites for hydroxylation is 1. The number of hydrogen-bond donors (Lipinski definition) is 3. The third-order valence-electron chi connectivity index (χ3n) is 2.93. The van der Waals surface area contributed by atoms with E-state index in [9.17, 15) is 9.59 Å². The molecule has 0 radical (unpaired) electrons. The summed E-state index contributed by atoms with van der Waals surface area (Å²) in [6.07, 6.45) is 0. The number of esters is 1. The Hall–Kier alpha value is -2.07. The molecule has 0 unspecified atom stereocenters. The number of aromatic amines is 1. The van der Waals surface area contributed by atoms with Gasteiger partial charge in [-0.3, -0.25) is 4.79 Å². The van der Waals surface area contributed by atoms with Gasteiger partial charge in [0.25, 0.3) is 0 Å². The Bertz CT molecular complexity index is 725. The number of ether oxygens (including phenoxy) is 1. The van der Waals surface area contributed by atoms with E-state index in [1.54, 1.807) is 6.92 Å². The minimum Gasteiger partial charge on any atom is -0.462 e. The number of carbonyl (C=O) groups is 2. The van der Waals surface area contributed by atoms with E-state index < -0.39 is 5.97 Å². The Morgan fingerprint density at radius 3 is 2.78 bits per heavy atom. The molecule has 1 amide bonds. The smallest absolute Gasteiger partial charge is 0.341 e. The summed E-state index contributed by atoms with van der Waals surface area (Å²) >= 11 is 2.50. The van der Waals surface area contributed by atoms with Crippen LogP contribution in [0.2, 0.25) is 0 Å². The van der Waals surface area contributed by atoms with Gasteiger partial charge in [-0.25, -0.2) is 9.89 Å². The average Bonchev–Trinajstić information content (AvgIpc) is 3.01. The molecule has 8 nitrogen and oxygen atoms in total. The second kappa shape index (κ2) is 7.47. The van der Waals surface area contributed by atoms with E-state index in [4.69, 9.17) is 10.5 Å². The van der Waals surface area contributed by atoms with E-state index in [0.717, 1.165) is 22.2 Å². The van der Waals surface area contributed by atoms with Crippen molar-refractivity contribution in [2.45, 2.75) is 25.9 Å². The maximum absolute atomic E-state index is 12.1. The molecule has 0 spiro atoms. The van der Waals surface area contributed by atoms with Crippen LogP contribution in [0.1, 0.15) is 27.7 Å². The molecule has 0 aliphatic heterocycles. The SMILES string of the molecule is CCOC(=O)c1c(NC(=O)CSc2n[nH]c(N)n2)sc(C)c1C. The van der Waals surface area contributed by atoms with Gasteiger partial charge >= 0.3 is 5.97 Å². The van der Waals surface area contributed by atoms with Crippen molar-refractivity contribution in [2.24, 2.45) is 0 Å². The van der Waals surface area contributed by atoms with Crippen molar-refractivity contribution < 1.29 is 14.3 Å². The number of aromatic nitrogens is 3. The Kier molecular flexibility index (Phi) is 5.61. The number of rotatable bonds is 6. The number of nitrogens with zero attached hydrogens (tertiary/aromatic N) is 2. The van der Waals surface area contributed by atoms with Crippen LogP contribution in [0.3, 0.4) is 0 Å². The highest BCUT2D eigenvalue weighted by Gasteiger charge is 2.22. The molecule has 2 rings (SSSR count). The Morgan fingerprint density at radius 1 is 1.43 bits per heavy atom. The van der Waals surface area contributed by atoms with Gasteiger partial charge in [-0.1, -0.05) is 11.8 Å². The zero-order chi connectivity index (χ0) is 17.0. The first-order valence-corrected chi connectivity index (χ1v) is 8.60. The summed E-state index contributed by atoms with van der Waals surface area (Å²) in [5.74, 6) is -0.388. The van der Waals surface area contributed by atoms with Gasteiger partial charge in [0.05, 0.1) is 17.9 Å². The third kappa shape index (κ3) is 4.23. The predicted octanol–water partition coefficient (Wildman–Crippen LogP) is 1.97. The number of nitrogens with two attached hydrogens (primary N) is 1. The fourth-order valence-corrected chi connectivity index (χ4v) is 3.45. The number of anilines is 2. The summed E-state index contributed by atoms with van der Waals surface area (Å²) in [6, 6.07) is 0. The third-order valence-corrected chi connectivity index (χ3v) is 4.90. The van der Waals surface area contributed by atoms with Crippen molar-refractivity contribution in [1.82, 2.24) is 15.2 Å². The number of nitrogens with one attached hydrogen (secondary N) is 2. The van der Waals surface area contributed by atoms with Crippen LogP contribution >= 0.6 is 23.1 Å². The van der Waals surface area contributed by atoms with E-state index in [1.165, 1.54) is 11.3 Å². The highest BCUT2D eigenvalue weighted by atomic mass is 32.2. The maximum atomic E-state index is 12.1. The van der Waals surface area contributed by atoms with E-state index in [1.807, 2.05) is 13.8 Å². The monoisotopic (exact) mass is 355 g/mol. The molecule has 10 heteroatoms. The van der Waals surface area contributed by atoms with E-state index >= 15 is 0 Å². The van der Waals surface area contributed by atoms with Crippen molar-refractivity contribution in [3.63, 3.8) is 0 Å². The molecule has 0 aromatic carbocycles. The molecule has 2 aromatic rings. The average molecular weight is 355 g/mol. The number of carbonyl (C=O) groups excluding carboxylic acids is 2. The summed E-state index contributed by atoms with van der Waals surface area (Å²) in [5, 5.41) is 9.97. The van der Waals surface area contributed by atoms with Crippen molar-refractivity contribution >= 4 is 45.9 Å². The first kappa shape index (κ1) is 17.3.